The Morgan fingerprint density at radius 1 is 0.970 bits per heavy atom. The number of ether oxygens (including phenoxy) is 1. The van der Waals surface area contributed by atoms with E-state index in [0.717, 1.165) is 21.6 Å². The van der Waals surface area contributed by atoms with Crippen molar-refractivity contribution in [2.75, 3.05) is 0 Å². The van der Waals surface area contributed by atoms with Gasteiger partial charge in [0.05, 0.1) is 11.5 Å². The number of carbonyl (C=O) groups excluding carboxylic acids is 2. The molecule has 0 atom stereocenters. The molecule has 0 bridgehead atoms. The van der Waals surface area contributed by atoms with Crippen LogP contribution in [0.1, 0.15) is 22.3 Å². The second-order valence-corrected chi connectivity index (χ2v) is 7.62. The first-order valence-electron chi connectivity index (χ1n) is 10.3. The number of hydrogen-bond acceptors (Lipinski definition) is 5. The molecule has 8 nitrogen and oxygen atoms in total. The first-order chi connectivity index (χ1) is 15.9. The zero-order valence-electron chi connectivity index (χ0n) is 17.9. The van der Waals surface area contributed by atoms with Crippen LogP contribution in [0.2, 0.25) is 0 Å². The molecule has 3 aromatic rings. The maximum absolute atomic E-state index is 12.8. The lowest BCUT2D eigenvalue weighted by molar-refractivity contribution is -0.384. The van der Waals surface area contributed by atoms with E-state index in [1.54, 1.807) is 42.5 Å². The zero-order chi connectivity index (χ0) is 23.4. The van der Waals surface area contributed by atoms with Crippen LogP contribution in [0.25, 0.3) is 6.08 Å². The molecular weight excluding hydrogens is 422 g/mol. The molecule has 8 heteroatoms. The van der Waals surface area contributed by atoms with Crippen LogP contribution in [0.15, 0.2) is 78.5 Å². The third kappa shape index (κ3) is 5.07. The number of non-ortho nitro benzene ring substituents is 1. The van der Waals surface area contributed by atoms with Crippen molar-refractivity contribution in [3.05, 3.63) is 111 Å². The maximum atomic E-state index is 12.8. The van der Waals surface area contributed by atoms with Gasteiger partial charge < -0.3 is 10.1 Å². The molecule has 0 radical (unpaired) electrons. The Hall–Kier alpha value is -4.46. The summed E-state index contributed by atoms with van der Waals surface area (Å²) >= 11 is 0. The van der Waals surface area contributed by atoms with E-state index in [1.807, 2.05) is 31.2 Å². The molecular formula is C25H21N3O5. The zero-order valence-corrected chi connectivity index (χ0v) is 17.9. The number of para-hydroxylation sites is 1. The number of imide groups is 1. The quantitative estimate of drug-likeness (QED) is 0.249. The van der Waals surface area contributed by atoms with Gasteiger partial charge in [-0.1, -0.05) is 48.0 Å². The van der Waals surface area contributed by atoms with Crippen LogP contribution in [-0.4, -0.2) is 21.8 Å². The highest BCUT2D eigenvalue weighted by atomic mass is 16.6. The van der Waals surface area contributed by atoms with E-state index in [0.29, 0.717) is 11.3 Å². The number of nitrogens with zero attached hydrogens (tertiary/aromatic N) is 2. The third-order valence-electron chi connectivity index (χ3n) is 5.18. The minimum Gasteiger partial charge on any atom is -0.488 e. The molecule has 1 aliphatic heterocycles. The van der Waals surface area contributed by atoms with Gasteiger partial charge in [0, 0.05) is 17.7 Å². The van der Waals surface area contributed by atoms with Crippen molar-refractivity contribution in [3.8, 4) is 5.75 Å². The van der Waals surface area contributed by atoms with Crippen molar-refractivity contribution in [2.24, 2.45) is 0 Å². The second kappa shape index (κ2) is 9.35. The van der Waals surface area contributed by atoms with Crippen LogP contribution < -0.4 is 10.1 Å². The SMILES string of the molecule is Cc1ccc(CN2C(=O)N/C(=C/c3ccccc3OCc3ccc([N+](=O)[O-])cc3)C2=O)cc1. The number of aryl methyl sites for hydroxylation is 1. The summed E-state index contributed by atoms with van der Waals surface area (Å²) in [5.41, 5.74) is 3.52. The highest BCUT2D eigenvalue weighted by Crippen LogP contribution is 2.24. The van der Waals surface area contributed by atoms with E-state index in [-0.39, 0.29) is 24.5 Å². The predicted octanol–water partition coefficient (Wildman–Crippen LogP) is 4.58. The summed E-state index contributed by atoms with van der Waals surface area (Å²) in [4.78, 5) is 36.8. The van der Waals surface area contributed by atoms with Crippen molar-refractivity contribution in [1.29, 1.82) is 0 Å². The molecule has 166 valence electrons. The summed E-state index contributed by atoms with van der Waals surface area (Å²) in [6.07, 6.45) is 1.58. The normalized spacial score (nSPS) is 14.5. The minimum absolute atomic E-state index is 0.00885. The van der Waals surface area contributed by atoms with Crippen LogP contribution in [0.4, 0.5) is 10.5 Å². The topological polar surface area (TPSA) is 102 Å². The lowest BCUT2D eigenvalue weighted by Gasteiger charge is -2.12. The smallest absolute Gasteiger partial charge is 0.329 e. The number of benzene rings is 3. The molecule has 1 fully saturated rings. The highest BCUT2D eigenvalue weighted by molar-refractivity contribution is 6.14. The van der Waals surface area contributed by atoms with Gasteiger partial charge in [0.15, 0.2) is 0 Å². The van der Waals surface area contributed by atoms with Crippen molar-refractivity contribution in [3.63, 3.8) is 0 Å². The number of urea groups is 1. The van der Waals surface area contributed by atoms with E-state index in [2.05, 4.69) is 5.32 Å². The monoisotopic (exact) mass is 443 g/mol. The second-order valence-electron chi connectivity index (χ2n) is 7.62. The van der Waals surface area contributed by atoms with Gasteiger partial charge in [0.25, 0.3) is 11.6 Å². The molecule has 1 saturated heterocycles. The number of nitro groups is 1. The van der Waals surface area contributed by atoms with E-state index < -0.39 is 16.9 Å². The Kier molecular flexibility index (Phi) is 6.17. The molecule has 3 aromatic carbocycles. The molecule has 1 N–H and O–H groups in total. The third-order valence-corrected chi connectivity index (χ3v) is 5.18. The average molecular weight is 443 g/mol. The number of amides is 3. The van der Waals surface area contributed by atoms with Gasteiger partial charge in [-0.25, -0.2) is 4.79 Å². The molecule has 3 amide bonds. The Labute approximate surface area is 190 Å². The van der Waals surface area contributed by atoms with Crippen LogP contribution in [-0.2, 0) is 17.9 Å². The molecule has 4 rings (SSSR count). The highest BCUT2D eigenvalue weighted by Gasteiger charge is 2.33. The first-order valence-corrected chi connectivity index (χ1v) is 10.3. The Morgan fingerprint density at radius 2 is 1.64 bits per heavy atom. The maximum Gasteiger partial charge on any atom is 0.329 e. The fraction of sp³-hybridized carbons (Fsp3) is 0.120. The molecule has 1 aliphatic rings. The van der Waals surface area contributed by atoms with Gasteiger partial charge in [-0.3, -0.25) is 19.8 Å². The van der Waals surface area contributed by atoms with Gasteiger partial charge in [0.2, 0.25) is 0 Å². The number of nitrogens with one attached hydrogen (secondary N) is 1. The summed E-state index contributed by atoms with van der Waals surface area (Å²) in [6.45, 7) is 2.35. The van der Waals surface area contributed by atoms with Crippen LogP contribution in [0.3, 0.4) is 0 Å². The van der Waals surface area contributed by atoms with Crippen LogP contribution in [0.5, 0.6) is 5.75 Å². The van der Waals surface area contributed by atoms with E-state index in [9.17, 15) is 19.7 Å². The van der Waals surface area contributed by atoms with E-state index >= 15 is 0 Å². The summed E-state index contributed by atoms with van der Waals surface area (Å²) in [5, 5.41) is 13.4. The van der Waals surface area contributed by atoms with E-state index in [1.165, 1.54) is 12.1 Å². The van der Waals surface area contributed by atoms with Gasteiger partial charge in [-0.15, -0.1) is 0 Å². The molecule has 1 heterocycles. The Balaban J connectivity index is 1.48. The molecule has 0 aliphatic carbocycles. The molecule has 0 spiro atoms. The molecule has 0 aromatic heterocycles. The van der Waals surface area contributed by atoms with E-state index in [4.69, 9.17) is 4.74 Å². The number of rotatable bonds is 7. The van der Waals surface area contributed by atoms with Gasteiger partial charge in [0.1, 0.15) is 18.1 Å². The first kappa shape index (κ1) is 21.8. The molecule has 0 unspecified atom stereocenters. The average Bonchev–Trinajstić information content (AvgIpc) is 3.07. The summed E-state index contributed by atoms with van der Waals surface area (Å²) in [5.74, 6) is 0.105. The van der Waals surface area contributed by atoms with Gasteiger partial charge in [-0.2, -0.15) is 0 Å². The number of carbonyl (C=O) groups is 2. The van der Waals surface area contributed by atoms with Crippen LogP contribution >= 0.6 is 0 Å². The van der Waals surface area contributed by atoms with Crippen LogP contribution in [0, 0.1) is 17.0 Å². The number of hydrogen-bond donors (Lipinski definition) is 1. The lowest BCUT2D eigenvalue weighted by atomic mass is 10.1. The fourth-order valence-electron chi connectivity index (χ4n) is 3.35. The summed E-state index contributed by atoms with van der Waals surface area (Å²) in [6, 6.07) is 20.4. The van der Waals surface area contributed by atoms with Crippen molar-refractivity contribution < 1.29 is 19.2 Å². The molecule has 0 saturated carbocycles. The number of nitro benzene ring substituents is 1. The van der Waals surface area contributed by atoms with Gasteiger partial charge in [-0.05, 0) is 42.3 Å². The standard InChI is InChI=1S/C25H21N3O5/c1-17-6-8-18(9-7-17)15-27-24(29)22(26-25(27)30)14-20-4-2-3-5-23(20)33-16-19-10-12-21(13-11-19)28(31)32/h2-14H,15-16H2,1H3,(H,26,30)/b22-14+. The fourth-order valence-corrected chi connectivity index (χ4v) is 3.35. The Morgan fingerprint density at radius 3 is 2.33 bits per heavy atom. The minimum atomic E-state index is -0.476. The summed E-state index contributed by atoms with van der Waals surface area (Å²) in [7, 11) is 0. The Bertz CT molecular complexity index is 1230. The van der Waals surface area contributed by atoms with Crippen molar-refractivity contribution in [1.82, 2.24) is 10.2 Å². The van der Waals surface area contributed by atoms with Crippen molar-refractivity contribution >= 4 is 23.7 Å². The largest absolute Gasteiger partial charge is 0.488 e. The van der Waals surface area contributed by atoms with Crippen molar-refractivity contribution in [2.45, 2.75) is 20.1 Å². The van der Waals surface area contributed by atoms with Gasteiger partial charge >= 0.3 is 6.03 Å². The lowest BCUT2D eigenvalue weighted by Crippen LogP contribution is -2.30. The summed E-state index contributed by atoms with van der Waals surface area (Å²) < 4.78 is 5.88. The predicted molar refractivity (Wildman–Crippen MR) is 122 cm³/mol. The molecule has 33 heavy (non-hydrogen) atoms.